The van der Waals surface area contributed by atoms with Gasteiger partial charge in [-0.25, -0.2) is 19.9 Å². The number of para-hydroxylation sites is 1. The van der Waals surface area contributed by atoms with E-state index in [0.717, 1.165) is 72.3 Å². The number of furan rings is 1. The van der Waals surface area contributed by atoms with Gasteiger partial charge in [-0.1, -0.05) is 176 Å². The van der Waals surface area contributed by atoms with Crippen molar-refractivity contribution in [2.75, 3.05) is 0 Å². The van der Waals surface area contributed by atoms with Gasteiger partial charge in [0.25, 0.3) is 0 Å². The number of amidine groups is 1. The maximum atomic E-state index is 6.25. The zero-order chi connectivity index (χ0) is 40.5. The van der Waals surface area contributed by atoms with Crippen LogP contribution in [-0.2, 0) is 0 Å². The molecule has 0 saturated carbocycles. The van der Waals surface area contributed by atoms with Gasteiger partial charge in [-0.15, -0.1) is 0 Å². The lowest BCUT2D eigenvalue weighted by molar-refractivity contribution is 0.409. The van der Waals surface area contributed by atoms with Crippen molar-refractivity contribution in [3.8, 4) is 56.4 Å². The van der Waals surface area contributed by atoms with Gasteiger partial charge in [0.15, 0.2) is 17.5 Å². The van der Waals surface area contributed by atoms with Crippen molar-refractivity contribution in [3.05, 3.63) is 223 Å². The first-order valence-corrected chi connectivity index (χ1v) is 20.4. The highest BCUT2D eigenvalue weighted by Crippen LogP contribution is 2.34. The Kier molecular flexibility index (Phi) is 9.26. The molecular weight excluding hydrogens is 749 g/mol. The van der Waals surface area contributed by atoms with E-state index in [1.54, 1.807) is 0 Å². The summed E-state index contributed by atoms with van der Waals surface area (Å²) in [5.41, 5.74) is 12.0. The van der Waals surface area contributed by atoms with E-state index < -0.39 is 0 Å². The first-order valence-electron chi connectivity index (χ1n) is 20.4. The summed E-state index contributed by atoms with van der Waals surface area (Å²) in [5, 5.41) is 9.64. The molecule has 2 atom stereocenters. The molecule has 7 nitrogen and oxygen atoms in total. The summed E-state index contributed by atoms with van der Waals surface area (Å²) >= 11 is 0. The largest absolute Gasteiger partial charge is 0.456 e. The van der Waals surface area contributed by atoms with E-state index in [-0.39, 0.29) is 12.3 Å². The molecule has 1 aliphatic rings. The van der Waals surface area contributed by atoms with Crippen molar-refractivity contribution in [2.24, 2.45) is 4.99 Å². The monoisotopic (exact) mass is 786 g/mol. The topological polar surface area (TPSA) is 88.2 Å². The summed E-state index contributed by atoms with van der Waals surface area (Å²) in [6.45, 7) is 0. The Morgan fingerprint density at radius 3 is 1.62 bits per heavy atom. The van der Waals surface area contributed by atoms with Crippen molar-refractivity contribution in [1.82, 2.24) is 25.6 Å². The van der Waals surface area contributed by atoms with Crippen molar-refractivity contribution in [1.29, 1.82) is 0 Å². The Bertz CT molecular complexity index is 3200. The van der Waals surface area contributed by atoms with Crippen LogP contribution in [-0.4, -0.2) is 20.8 Å². The second-order valence-corrected chi connectivity index (χ2v) is 15.2. The quantitative estimate of drug-likeness (QED) is 0.159. The fourth-order valence-corrected chi connectivity index (χ4v) is 8.09. The molecule has 8 aromatic carbocycles. The fraction of sp³-hybridized carbons (Fsp3) is 0.0370. The van der Waals surface area contributed by atoms with Gasteiger partial charge in [-0.05, 0) is 63.7 Å². The van der Waals surface area contributed by atoms with Crippen molar-refractivity contribution in [2.45, 2.75) is 12.3 Å². The number of fused-ring (bicyclic) bond motifs is 3. The summed E-state index contributed by atoms with van der Waals surface area (Å²) in [4.78, 5) is 20.3. The summed E-state index contributed by atoms with van der Waals surface area (Å²) in [5.74, 6) is 2.61. The molecule has 11 rings (SSSR count). The summed E-state index contributed by atoms with van der Waals surface area (Å²) < 4.78 is 6.25. The maximum Gasteiger partial charge on any atom is 0.164 e. The van der Waals surface area contributed by atoms with Crippen LogP contribution < -0.4 is 10.6 Å². The molecule has 0 saturated heterocycles. The molecule has 290 valence electrons. The van der Waals surface area contributed by atoms with E-state index in [1.165, 1.54) is 11.1 Å². The number of hydrogen-bond acceptors (Lipinski definition) is 7. The van der Waals surface area contributed by atoms with Crippen molar-refractivity contribution >= 4 is 27.8 Å². The first kappa shape index (κ1) is 36.1. The van der Waals surface area contributed by atoms with Crippen molar-refractivity contribution < 1.29 is 4.42 Å². The van der Waals surface area contributed by atoms with Crippen LogP contribution in [0.15, 0.2) is 216 Å². The highest BCUT2D eigenvalue weighted by Gasteiger charge is 2.26. The van der Waals surface area contributed by atoms with Gasteiger partial charge in [-0.3, -0.25) is 5.32 Å². The molecule has 0 fully saturated rings. The van der Waals surface area contributed by atoms with Gasteiger partial charge >= 0.3 is 0 Å². The van der Waals surface area contributed by atoms with E-state index in [2.05, 4.69) is 150 Å². The Morgan fingerprint density at radius 2 is 0.869 bits per heavy atom. The van der Waals surface area contributed by atoms with Crippen LogP contribution in [0.1, 0.15) is 29.0 Å². The number of benzene rings is 8. The maximum absolute atomic E-state index is 6.25. The predicted molar refractivity (Wildman–Crippen MR) is 245 cm³/mol. The SMILES string of the molecule is c1ccc(-c2ccc(C3=NC(c4ccccc4)NC(c4cccc(-c5cccc(-c6nc(-c7ccccc7)nc(-c7ccc8c(c7)oc7ccccc78)n6)c5)c4)N3)cc2)cc1. The minimum absolute atomic E-state index is 0.210. The molecule has 2 aromatic heterocycles. The van der Waals surface area contributed by atoms with Crippen LogP contribution in [0.2, 0.25) is 0 Å². The van der Waals surface area contributed by atoms with E-state index >= 15 is 0 Å². The number of nitrogens with one attached hydrogen (secondary N) is 2. The third-order valence-electron chi connectivity index (χ3n) is 11.2. The number of aliphatic imine (C=N–C) groups is 1. The van der Waals surface area contributed by atoms with Crippen LogP contribution >= 0.6 is 0 Å². The zero-order valence-electron chi connectivity index (χ0n) is 33.0. The molecule has 1 aliphatic heterocycles. The molecule has 2 N–H and O–H groups in total. The van der Waals surface area contributed by atoms with E-state index in [4.69, 9.17) is 24.4 Å². The Balaban J connectivity index is 0.936. The van der Waals surface area contributed by atoms with Gasteiger partial charge in [0, 0.05) is 33.0 Å². The molecule has 2 unspecified atom stereocenters. The average Bonchev–Trinajstić information content (AvgIpc) is 3.73. The number of aromatic nitrogens is 3. The number of nitrogens with zero attached hydrogens (tertiary/aromatic N) is 4. The van der Waals surface area contributed by atoms with Crippen LogP contribution in [0, 0.1) is 0 Å². The Labute approximate surface area is 353 Å². The van der Waals surface area contributed by atoms with E-state index in [9.17, 15) is 0 Å². The van der Waals surface area contributed by atoms with Crippen LogP contribution in [0.4, 0.5) is 0 Å². The molecule has 0 aliphatic carbocycles. The second kappa shape index (κ2) is 15.6. The van der Waals surface area contributed by atoms with Gasteiger partial charge in [0.1, 0.15) is 29.3 Å². The molecule has 0 bridgehead atoms. The Morgan fingerprint density at radius 1 is 0.361 bits per heavy atom. The minimum atomic E-state index is -0.243. The average molecular weight is 787 g/mol. The third-order valence-corrected chi connectivity index (χ3v) is 11.2. The smallest absolute Gasteiger partial charge is 0.164 e. The van der Waals surface area contributed by atoms with Gasteiger partial charge in [0.05, 0.1) is 0 Å². The molecule has 10 aromatic rings. The van der Waals surface area contributed by atoms with E-state index in [0.29, 0.717) is 17.5 Å². The molecular formula is C54H38N6O. The lowest BCUT2D eigenvalue weighted by atomic mass is 9.99. The summed E-state index contributed by atoms with van der Waals surface area (Å²) in [6.07, 6.45) is -0.453. The lowest BCUT2D eigenvalue weighted by Crippen LogP contribution is -2.44. The molecule has 0 spiro atoms. The lowest BCUT2D eigenvalue weighted by Gasteiger charge is -2.32. The zero-order valence-corrected chi connectivity index (χ0v) is 33.0. The summed E-state index contributed by atoms with van der Waals surface area (Å²) in [7, 11) is 0. The van der Waals surface area contributed by atoms with Gasteiger partial charge in [0.2, 0.25) is 0 Å². The van der Waals surface area contributed by atoms with Gasteiger partial charge in [-0.2, -0.15) is 0 Å². The molecule has 0 radical (unpaired) electrons. The molecule has 7 heteroatoms. The first-order chi connectivity index (χ1) is 30.2. The highest BCUT2D eigenvalue weighted by atomic mass is 16.3. The molecule has 3 heterocycles. The third kappa shape index (κ3) is 7.24. The Hall–Kier alpha value is -8.00. The minimum Gasteiger partial charge on any atom is -0.456 e. The van der Waals surface area contributed by atoms with Crippen LogP contribution in [0.25, 0.3) is 78.4 Å². The van der Waals surface area contributed by atoms with Crippen molar-refractivity contribution in [3.63, 3.8) is 0 Å². The standard InChI is InChI=1S/C54H38N6O/c1-4-14-35(15-5-1)36-26-28-39(29-27-36)51-55-49(37-16-6-2-7-17-37)56-52(59-51)42-22-12-20-40(32-42)41-21-13-23-43(33-41)53-57-50(38-18-8-3-9-19-38)58-54(60-53)44-30-31-46-45-24-10-11-25-47(45)61-48(46)34-44/h1-34,49,52,56H,(H,55,59). The van der Waals surface area contributed by atoms with Crippen LogP contribution in [0.3, 0.4) is 0 Å². The number of hydrogen-bond donors (Lipinski definition) is 2. The second-order valence-electron chi connectivity index (χ2n) is 15.2. The summed E-state index contributed by atoms with van der Waals surface area (Å²) in [6, 6.07) is 70.8. The number of rotatable bonds is 8. The molecule has 61 heavy (non-hydrogen) atoms. The normalized spacial score (nSPS) is 15.0. The predicted octanol–water partition coefficient (Wildman–Crippen LogP) is 12.4. The fourth-order valence-electron chi connectivity index (χ4n) is 8.09. The van der Waals surface area contributed by atoms with Crippen LogP contribution in [0.5, 0.6) is 0 Å². The van der Waals surface area contributed by atoms with E-state index in [1.807, 2.05) is 66.7 Å². The van der Waals surface area contributed by atoms with Gasteiger partial charge < -0.3 is 9.73 Å². The highest BCUT2D eigenvalue weighted by molar-refractivity contribution is 6.05. The molecule has 0 amide bonds.